The highest BCUT2D eigenvalue weighted by Crippen LogP contribution is 2.50. The van der Waals surface area contributed by atoms with Gasteiger partial charge >= 0.3 is 6.03 Å². The van der Waals surface area contributed by atoms with Crippen molar-refractivity contribution in [1.82, 2.24) is 24.7 Å². The summed E-state index contributed by atoms with van der Waals surface area (Å²) >= 11 is 0. The maximum atomic E-state index is 12.7. The molecule has 192 valence electrons. The van der Waals surface area contributed by atoms with Gasteiger partial charge in [-0.05, 0) is 49.1 Å². The predicted octanol–water partition coefficient (Wildman–Crippen LogP) is 3.58. The number of methoxy groups -OCH3 is 1. The smallest absolute Gasteiger partial charge is 0.317 e. The number of likely N-dealkylation sites (tertiary alicyclic amines) is 1. The molecule has 0 bridgehead atoms. The fraction of sp³-hybridized carbons (Fsp3) is 0.500. The molecule has 36 heavy (non-hydrogen) atoms. The SMILES string of the molecule is CCCNC(=O)N1CCC2(CC1)CN(Cc1ccccn1)[C@H](CO)c1c2c2ccc(OC)cc2n1C. The van der Waals surface area contributed by atoms with Crippen LogP contribution in [-0.4, -0.2) is 70.4 Å². The van der Waals surface area contributed by atoms with E-state index in [-0.39, 0.29) is 24.1 Å². The number of aromatic nitrogens is 2. The second-order valence-corrected chi connectivity index (χ2v) is 10.1. The van der Waals surface area contributed by atoms with Crippen LogP contribution < -0.4 is 10.1 Å². The Morgan fingerprint density at radius 2 is 2.06 bits per heavy atom. The van der Waals surface area contributed by atoms with Crippen LogP contribution in [0.25, 0.3) is 10.9 Å². The molecule has 1 saturated heterocycles. The van der Waals surface area contributed by atoms with Crippen molar-refractivity contribution in [3.8, 4) is 5.75 Å². The first kappa shape index (κ1) is 24.6. The number of aliphatic hydroxyl groups is 1. The van der Waals surface area contributed by atoms with Crippen LogP contribution in [0.5, 0.6) is 5.75 Å². The summed E-state index contributed by atoms with van der Waals surface area (Å²) in [7, 11) is 3.78. The van der Waals surface area contributed by atoms with Crippen LogP contribution in [-0.2, 0) is 19.0 Å². The van der Waals surface area contributed by atoms with Crippen LogP contribution in [0, 0.1) is 0 Å². The Morgan fingerprint density at radius 3 is 2.72 bits per heavy atom. The van der Waals surface area contributed by atoms with E-state index in [2.05, 4.69) is 45.9 Å². The van der Waals surface area contributed by atoms with Gasteiger partial charge in [0.05, 0.1) is 31.0 Å². The van der Waals surface area contributed by atoms with Gasteiger partial charge in [-0.25, -0.2) is 4.79 Å². The lowest BCUT2D eigenvalue weighted by Crippen LogP contribution is -2.55. The van der Waals surface area contributed by atoms with Gasteiger partial charge in [-0.15, -0.1) is 0 Å². The van der Waals surface area contributed by atoms with E-state index in [1.807, 2.05) is 35.4 Å². The number of carbonyl (C=O) groups excluding carboxylic acids is 1. The molecule has 1 aromatic carbocycles. The number of aryl methyl sites for hydroxylation is 1. The fourth-order valence-corrected chi connectivity index (χ4v) is 6.22. The number of hydrogen-bond donors (Lipinski definition) is 2. The van der Waals surface area contributed by atoms with Gasteiger partial charge in [-0.3, -0.25) is 9.88 Å². The minimum atomic E-state index is -0.137. The van der Waals surface area contributed by atoms with Crippen LogP contribution >= 0.6 is 0 Å². The Balaban J connectivity index is 1.58. The molecule has 1 atom stereocenters. The molecular formula is C28H37N5O3. The monoisotopic (exact) mass is 491 g/mol. The zero-order valence-electron chi connectivity index (χ0n) is 21.5. The lowest BCUT2D eigenvalue weighted by atomic mass is 9.68. The van der Waals surface area contributed by atoms with Gasteiger partial charge in [-0.1, -0.05) is 13.0 Å². The topological polar surface area (TPSA) is 82.9 Å². The third-order valence-electron chi connectivity index (χ3n) is 8.04. The van der Waals surface area contributed by atoms with Crippen molar-refractivity contribution in [2.24, 2.45) is 7.05 Å². The van der Waals surface area contributed by atoms with Crippen LogP contribution in [0.15, 0.2) is 42.6 Å². The third kappa shape index (κ3) is 4.22. The number of nitrogens with one attached hydrogen (secondary N) is 1. The lowest BCUT2D eigenvalue weighted by molar-refractivity contribution is 0.0459. The molecular weight excluding hydrogens is 454 g/mol. The van der Waals surface area contributed by atoms with E-state index < -0.39 is 0 Å². The maximum Gasteiger partial charge on any atom is 0.317 e. The van der Waals surface area contributed by atoms with E-state index in [0.717, 1.165) is 48.5 Å². The van der Waals surface area contributed by atoms with Gasteiger partial charge in [0, 0.05) is 68.5 Å². The quantitative estimate of drug-likeness (QED) is 0.551. The minimum absolute atomic E-state index is 0.0305. The van der Waals surface area contributed by atoms with Crippen LogP contribution in [0.3, 0.4) is 0 Å². The molecule has 0 saturated carbocycles. The van der Waals surface area contributed by atoms with Crippen molar-refractivity contribution in [1.29, 1.82) is 0 Å². The number of urea groups is 1. The molecule has 2 amide bonds. The summed E-state index contributed by atoms with van der Waals surface area (Å²) in [6, 6.07) is 12.2. The predicted molar refractivity (Wildman–Crippen MR) is 140 cm³/mol. The number of piperidine rings is 1. The Kier molecular flexibility index (Phi) is 6.90. The van der Waals surface area contributed by atoms with Crippen LogP contribution in [0.2, 0.25) is 0 Å². The number of benzene rings is 1. The molecule has 5 rings (SSSR count). The van der Waals surface area contributed by atoms with E-state index in [1.165, 1.54) is 10.9 Å². The number of amides is 2. The number of aliphatic hydroxyl groups excluding tert-OH is 1. The summed E-state index contributed by atoms with van der Waals surface area (Å²) in [5.74, 6) is 0.822. The third-order valence-corrected chi connectivity index (χ3v) is 8.04. The highest BCUT2D eigenvalue weighted by atomic mass is 16.5. The molecule has 1 spiro atoms. The number of fused-ring (bicyclic) bond motifs is 4. The molecule has 2 aromatic heterocycles. The van der Waals surface area contributed by atoms with Crippen molar-refractivity contribution in [2.45, 2.75) is 44.2 Å². The molecule has 8 nitrogen and oxygen atoms in total. The van der Waals surface area contributed by atoms with Crippen LogP contribution in [0.4, 0.5) is 4.79 Å². The highest BCUT2D eigenvalue weighted by Gasteiger charge is 2.48. The summed E-state index contributed by atoms with van der Waals surface area (Å²) in [5, 5.41) is 14.9. The second-order valence-electron chi connectivity index (χ2n) is 10.1. The standard InChI is InChI=1S/C28H37N5O3/c1-4-12-30-27(35)32-14-10-28(11-15-32)19-33(17-20-7-5-6-13-29-20)24(18-34)26-25(28)22-9-8-21(36-3)16-23(22)31(26)2/h5-9,13,16,24,34H,4,10-12,14-15,17-19H2,1-3H3,(H,30,35)/t24-/m1/s1. The molecule has 8 heteroatoms. The Morgan fingerprint density at radius 1 is 1.25 bits per heavy atom. The van der Waals surface area contributed by atoms with Gasteiger partial charge in [0.25, 0.3) is 0 Å². The molecule has 0 radical (unpaired) electrons. The molecule has 0 unspecified atom stereocenters. The van der Waals surface area contributed by atoms with E-state index in [9.17, 15) is 9.90 Å². The van der Waals surface area contributed by atoms with Crippen molar-refractivity contribution >= 4 is 16.9 Å². The molecule has 2 aliphatic rings. The van der Waals surface area contributed by atoms with E-state index in [4.69, 9.17) is 4.74 Å². The molecule has 2 aliphatic heterocycles. The summed E-state index contributed by atoms with van der Waals surface area (Å²) in [6.45, 7) is 5.70. The second kappa shape index (κ2) is 10.1. The number of nitrogens with zero attached hydrogens (tertiary/aromatic N) is 4. The van der Waals surface area contributed by atoms with Gasteiger partial charge in [0.1, 0.15) is 5.75 Å². The summed E-state index contributed by atoms with van der Waals surface area (Å²) in [5.41, 5.74) is 4.47. The summed E-state index contributed by atoms with van der Waals surface area (Å²) in [4.78, 5) is 21.6. The van der Waals surface area contributed by atoms with E-state index in [0.29, 0.717) is 26.2 Å². The molecule has 1 fully saturated rings. The van der Waals surface area contributed by atoms with Gasteiger partial charge < -0.3 is 24.6 Å². The molecule has 2 N–H and O–H groups in total. The van der Waals surface area contributed by atoms with Crippen molar-refractivity contribution in [2.75, 3.05) is 39.9 Å². The van der Waals surface area contributed by atoms with Crippen molar-refractivity contribution < 1.29 is 14.6 Å². The molecule has 3 aromatic rings. The number of rotatable bonds is 6. The van der Waals surface area contributed by atoms with Crippen molar-refractivity contribution in [3.63, 3.8) is 0 Å². The zero-order chi connectivity index (χ0) is 25.3. The average molecular weight is 492 g/mol. The fourth-order valence-electron chi connectivity index (χ4n) is 6.22. The van der Waals surface area contributed by atoms with Crippen molar-refractivity contribution in [3.05, 3.63) is 59.5 Å². The Bertz CT molecular complexity index is 1220. The Hall–Kier alpha value is -3.10. The van der Waals surface area contributed by atoms with Gasteiger partial charge in [0.15, 0.2) is 0 Å². The van der Waals surface area contributed by atoms with Crippen LogP contribution in [0.1, 0.15) is 49.2 Å². The lowest BCUT2D eigenvalue weighted by Gasteiger charge is -2.50. The number of hydrogen-bond acceptors (Lipinski definition) is 5. The minimum Gasteiger partial charge on any atom is -0.497 e. The largest absolute Gasteiger partial charge is 0.497 e. The average Bonchev–Trinajstić information content (AvgIpc) is 3.21. The number of pyridine rings is 1. The zero-order valence-corrected chi connectivity index (χ0v) is 21.5. The van der Waals surface area contributed by atoms with E-state index in [1.54, 1.807) is 7.11 Å². The Labute approximate surface area is 212 Å². The highest BCUT2D eigenvalue weighted by molar-refractivity contribution is 5.88. The first-order chi connectivity index (χ1) is 17.5. The molecule has 4 heterocycles. The first-order valence-corrected chi connectivity index (χ1v) is 13.0. The molecule has 0 aliphatic carbocycles. The summed E-state index contributed by atoms with van der Waals surface area (Å²) < 4.78 is 7.78. The normalized spacial score (nSPS) is 19.4. The van der Waals surface area contributed by atoms with Gasteiger partial charge in [-0.2, -0.15) is 0 Å². The number of carbonyl (C=O) groups is 1. The first-order valence-electron chi connectivity index (χ1n) is 13.0. The maximum absolute atomic E-state index is 12.7. The van der Waals surface area contributed by atoms with E-state index >= 15 is 0 Å². The summed E-state index contributed by atoms with van der Waals surface area (Å²) in [6.07, 6.45) is 4.51. The van der Waals surface area contributed by atoms with Gasteiger partial charge in [0.2, 0.25) is 0 Å². The number of ether oxygens (including phenoxy) is 1.